The highest BCUT2D eigenvalue weighted by molar-refractivity contribution is 7.12. The molecule has 0 bridgehead atoms. The number of carbonyl (C=O) groups is 1. The van der Waals surface area contributed by atoms with Crippen LogP contribution in [-0.4, -0.2) is 29.0 Å². The number of nitrogens with zero attached hydrogens (tertiary/aromatic N) is 2. The summed E-state index contributed by atoms with van der Waals surface area (Å²) in [4.78, 5) is 12.1. The first kappa shape index (κ1) is 18.2. The molecule has 1 amide bonds. The van der Waals surface area contributed by atoms with Crippen LogP contribution >= 0.6 is 22.9 Å². The molecule has 3 rings (SSSR count). The zero-order chi connectivity index (χ0) is 18.5. The Bertz CT molecular complexity index is 909. The van der Waals surface area contributed by atoms with Gasteiger partial charge in [-0.3, -0.25) is 10.00 Å². The summed E-state index contributed by atoms with van der Waals surface area (Å²) in [5.74, 6) is 0.652. The van der Waals surface area contributed by atoms with Gasteiger partial charge in [0.15, 0.2) is 0 Å². The lowest BCUT2D eigenvalue weighted by atomic mass is 10.1. The summed E-state index contributed by atoms with van der Waals surface area (Å²) in [6.07, 6.45) is 1.07. The lowest BCUT2D eigenvalue weighted by molar-refractivity contribution is 0.216. The number of carbonyl (C=O) groups excluding carboxylic acids is 1. The molecule has 0 atom stereocenters. The second kappa shape index (κ2) is 8.22. The number of benzene rings is 1. The van der Waals surface area contributed by atoms with Gasteiger partial charge < -0.3 is 15.2 Å². The minimum atomic E-state index is -0.624. The number of ether oxygens (including phenoxy) is 2. The fraction of sp³-hybridized carbons (Fsp3) is 0.176. The third-order valence-electron chi connectivity index (χ3n) is 3.47. The van der Waals surface area contributed by atoms with E-state index in [1.165, 1.54) is 11.3 Å². The Hall–Kier alpha value is -2.55. The van der Waals surface area contributed by atoms with E-state index < -0.39 is 6.09 Å². The normalized spacial score (nSPS) is 10.6. The largest absolute Gasteiger partial charge is 0.492 e. The van der Waals surface area contributed by atoms with E-state index in [1.807, 2.05) is 13.1 Å². The van der Waals surface area contributed by atoms with Crippen LogP contribution < -0.4 is 20.5 Å². The van der Waals surface area contributed by atoms with E-state index in [0.29, 0.717) is 34.7 Å². The van der Waals surface area contributed by atoms with Gasteiger partial charge in [-0.1, -0.05) is 11.6 Å². The van der Waals surface area contributed by atoms with Crippen molar-refractivity contribution in [3.05, 3.63) is 46.9 Å². The smallest absolute Gasteiger partial charge is 0.417 e. The maximum atomic E-state index is 12.1. The van der Waals surface area contributed by atoms with Crippen LogP contribution in [0.15, 0.2) is 41.9 Å². The Labute approximate surface area is 159 Å². The number of anilines is 1. The maximum Gasteiger partial charge on any atom is 0.417 e. The lowest BCUT2D eigenvalue weighted by Crippen LogP contribution is -2.16. The minimum absolute atomic E-state index is 0.346. The van der Waals surface area contributed by atoms with Crippen LogP contribution in [0.3, 0.4) is 0 Å². The van der Waals surface area contributed by atoms with Crippen LogP contribution in [0.2, 0.25) is 5.02 Å². The molecule has 0 saturated heterocycles. The molecule has 0 saturated carbocycles. The van der Waals surface area contributed by atoms with Gasteiger partial charge in [-0.2, -0.15) is 5.10 Å². The predicted molar refractivity (Wildman–Crippen MR) is 102 cm³/mol. The zero-order valence-electron chi connectivity index (χ0n) is 13.9. The molecule has 2 heterocycles. The topological polar surface area (TPSA) is 91.4 Å². The summed E-state index contributed by atoms with van der Waals surface area (Å²) in [5.41, 5.74) is 7.70. The van der Waals surface area contributed by atoms with E-state index in [9.17, 15) is 4.79 Å². The Balaban J connectivity index is 1.83. The van der Waals surface area contributed by atoms with Gasteiger partial charge in [0.05, 0.1) is 10.7 Å². The summed E-state index contributed by atoms with van der Waals surface area (Å²) in [5, 5.41) is 9.35. The Kier molecular flexibility index (Phi) is 5.77. The molecule has 9 heteroatoms. The van der Waals surface area contributed by atoms with Crippen LogP contribution in [0.5, 0.6) is 10.8 Å². The monoisotopic (exact) mass is 392 g/mol. The molecule has 0 spiro atoms. The van der Waals surface area contributed by atoms with Gasteiger partial charge in [-0.15, -0.1) is 11.3 Å². The highest BCUT2D eigenvalue weighted by Gasteiger charge is 2.14. The van der Waals surface area contributed by atoms with Crippen molar-refractivity contribution in [2.24, 2.45) is 12.8 Å². The van der Waals surface area contributed by atoms with Crippen molar-refractivity contribution in [1.29, 1.82) is 0 Å². The molecule has 3 aromatic rings. The Morgan fingerprint density at radius 1 is 1.38 bits per heavy atom. The van der Waals surface area contributed by atoms with E-state index in [2.05, 4.69) is 10.4 Å². The maximum absolute atomic E-state index is 12.1. The molecule has 0 radical (unpaired) electrons. The molecule has 0 aliphatic rings. The number of thiophene rings is 1. The van der Waals surface area contributed by atoms with Crippen molar-refractivity contribution in [3.8, 4) is 22.1 Å². The lowest BCUT2D eigenvalue weighted by Gasteiger charge is -2.13. The van der Waals surface area contributed by atoms with Crippen molar-refractivity contribution in [2.45, 2.75) is 0 Å². The highest BCUT2D eigenvalue weighted by atomic mass is 35.5. The zero-order valence-corrected chi connectivity index (χ0v) is 15.5. The first-order valence-electron chi connectivity index (χ1n) is 7.75. The number of hydrogen-bond acceptors (Lipinski definition) is 6. The van der Waals surface area contributed by atoms with Crippen LogP contribution in [0.4, 0.5) is 10.5 Å². The molecule has 7 nitrogen and oxygen atoms in total. The Morgan fingerprint density at radius 2 is 2.23 bits per heavy atom. The SMILES string of the molecule is Cn1nccc1-c1cc(NC(=O)Oc2sccc2Cl)ccc1OCCN. The molecule has 0 unspecified atom stereocenters. The van der Waals surface area contributed by atoms with Crippen LogP contribution in [0, 0.1) is 0 Å². The van der Waals surface area contributed by atoms with E-state index in [0.717, 1.165) is 11.3 Å². The number of amides is 1. The van der Waals surface area contributed by atoms with Gasteiger partial charge in [0, 0.05) is 31.0 Å². The molecule has 3 N–H and O–H groups in total. The standard InChI is InChI=1S/C17H17ClN4O3S/c1-22-14(4-7-20-22)12-10-11(2-3-15(12)24-8-6-19)21-17(23)25-16-13(18)5-9-26-16/h2-5,7,9-10H,6,8,19H2,1H3,(H,21,23). The van der Waals surface area contributed by atoms with Crippen molar-refractivity contribution in [1.82, 2.24) is 9.78 Å². The molecule has 136 valence electrons. The number of hydrogen-bond donors (Lipinski definition) is 2. The van der Waals surface area contributed by atoms with Crippen LogP contribution in [-0.2, 0) is 7.05 Å². The van der Waals surface area contributed by atoms with Gasteiger partial charge in [0.2, 0.25) is 5.06 Å². The molecule has 2 aromatic heterocycles. The van der Waals surface area contributed by atoms with Crippen molar-refractivity contribution < 1.29 is 14.3 Å². The minimum Gasteiger partial charge on any atom is -0.492 e. The summed E-state index contributed by atoms with van der Waals surface area (Å²) >= 11 is 7.18. The quantitative estimate of drug-likeness (QED) is 0.666. The fourth-order valence-electron chi connectivity index (χ4n) is 2.32. The van der Waals surface area contributed by atoms with E-state index >= 15 is 0 Å². The van der Waals surface area contributed by atoms with Crippen LogP contribution in [0.25, 0.3) is 11.3 Å². The fourth-order valence-corrected chi connectivity index (χ4v) is 3.26. The van der Waals surface area contributed by atoms with Crippen molar-refractivity contribution in [2.75, 3.05) is 18.5 Å². The first-order valence-corrected chi connectivity index (χ1v) is 9.01. The molecule has 1 aromatic carbocycles. The average Bonchev–Trinajstić information content (AvgIpc) is 3.22. The summed E-state index contributed by atoms with van der Waals surface area (Å²) < 4.78 is 12.6. The van der Waals surface area contributed by atoms with Crippen molar-refractivity contribution >= 4 is 34.7 Å². The summed E-state index contributed by atoms with van der Waals surface area (Å²) in [7, 11) is 1.83. The van der Waals surface area contributed by atoms with Crippen molar-refractivity contribution in [3.63, 3.8) is 0 Å². The van der Waals surface area contributed by atoms with E-state index in [-0.39, 0.29) is 0 Å². The van der Waals surface area contributed by atoms with Gasteiger partial charge in [-0.25, -0.2) is 4.79 Å². The van der Waals surface area contributed by atoms with Gasteiger partial charge in [-0.05, 0) is 35.7 Å². The Morgan fingerprint density at radius 3 is 2.88 bits per heavy atom. The molecule has 26 heavy (non-hydrogen) atoms. The molecule has 0 aliphatic heterocycles. The first-order chi connectivity index (χ1) is 12.6. The van der Waals surface area contributed by atoms with E-state index in [4.69, 9.17) is 26.8 Å². The summed E-state index contributed by atoms with van der Waals surface area (Å²) in [6.45, 7) is 0.787. The average molecular weight is 393 g/mol. The molecular weight excluding hydrogens is 376 g/mol. The number of nitrogens with two attached hydrogens (primary N) is 1. The molecule has 0 aliphatic carbocycles. The van der Waals surface area contributed by atoms with Gasteiger partial charge in [0.1, 0.15) is 12.4 Å². The second-order valence-electron chi connectivity index (χ2n) is 5.26. The highest BCUT2D eigenvalue weighted by Crippen LogP contribution is 2.33. The number of halogens is 1. The number of nitrogens with one attached hydrogen (secondary N) is 1. The number of aromatic nitrogens is 2. The molecule has 0 fully saturated rings. The van der Waals surface area contributed by atoms with Crippen LogP contribution in [0.1, 0.15) is 0 Å². The third kappa shape index (κ3) is 4.16. The predicted octanol–water partition coefficient (Wildman–Crippen LogP) is 3.75. The summed E-state index contributed by atoms with van der Waals surface area (Å²) in [6, 6.07) is 8.81. The van der Waals surface area contributed by atoms with Gasteiger partial charge >= 0.3 is 6.09 Å². The molecular formula is C17H17ClN4O3S. The van der Waals surface area contributed by atoms with E-state index in [1.54, 1.807) is 40.5 Å². The third-order valence-corrected chi connectivity index (χ3v) is 4.67. The number of aryl methyl sites for hydroxylation is 1. The second-order valence-corrected chi connectivity index (χ2v) is 6.54. The van der Waals surface area contributed by atoms with Gasteiger partial charge in [0.25, 0.3) is 0 Å². The number of rotatable bonds is 6.